The van der Waals surface area contributed by atoms with Crippen molar-refractivity contribution in [2.45, 2.75) is 122 Å². The predicted molar refractivity (Wildman–Crippen MR) is 159 cm³/mol. The Kier molecular flexibility index (Phi) is 17.1. The highest BCUT2D eigenvalue weighted by Gasteiger charge is 2.58. The maximum Gasteiger partial charge on any atom is 0.450 e. The molecule has 0 aromatic heterocycles. The molecule has 0 amide bonds. The Morgan fingerprint density at radius 2 is 1.19 bits per heavy atom. The van der Waals surface area contributed by atoms with E-state index in [1.807, 2.05) is 36.4 Å². The molecule has 0 radical (unpaired) electrons. The Bertz CT molecular complexity index is 949. The van der Waals surface area contributed by atoms with E-state index >= 15 is 0 Å². The van der Waals surface area contributed by atoms with E-state index in [0.717, 1.165) is 49.0 Å². The van der Waals surface area contributed by atoms with Gasteiger partial charge < -0.3 is 14.2 Å². The fraction of sp³-hybridized carbons (Fsp3) is 0.647. The van der Waals surface area contributed by atoms with Gasteiger partial charge in [-0.05, 0) is 41.7 Å². The smallest absolute Gasteiger partial charge is 0.450 e. The fourth-order valence-electron chi connectivity index (χ4n) is 4.58. The first-order valence-corrected chi connectivity index (χ1v) is 15.6. The summed E-state index contributed by atoms with van der Waals surface area (Å²) >= 11 is 0. The molecule has 2 unspecified atom stereocenters. The molecule has 0 spiro atoms. The van der Waals surface area contributed by atoms with E-state index in [0.29, 0.717) is 18.6 Å². The van der Waals surface area contributed by atoms with Crippen LogP contribution in [0.1, 0.15) is 103 Å². The van der Waals surface area contributed by atoms with Crippen LogP contribution in [0.15, 0.2) is 48.5 Å². The quantitative estimate of drug-likeness (QED) is 0.0938. The van der Waals surface area contributed by atoms with Gasteiger partial charge in [-0.2, -0.15) is 17.6 Å². The molecule has 2 aromatic rings. The van der Waals surface area contributed by atoms with Crippen molar-refractivity contribution in [3.05, 3.63) is 54.1 Å². The van der Waals surface area contributed by atoms with Crippen molar-refractivity contribution < 1.29 is 36.2 Å². The maximum atomic E-state index is 14.7. The third kappa shape index (κ3) is 13.9. The van der Waals surface area contributed by atoms with Crippen LogP contribution < -0.4 is 4.74 Å². The zero-order valence-corrected chi connectivity index (χ0v) is 25.3. The van der Waals surface area contributed by atoms with Crippen LogP contribution in [0.5, 0.6) is 5.75 Å². The molecule has 2 rings (SSSR count). The Morgan fingerprint density at radius 1 is 0.643 bits per heavy atom. The van der Waals surface area contributed by atoms with Crippen molar-refractivity contribution in [2.75, 3.05) is 19.8 Å². The number of rotatable bonds is 23. The summed E-state index contributed by atoms with van der Waals surface area (Å²) in [5.41, 5.74) is 2.48. The van der Waals surface area contributed by atoms with Gasteiger partial charge >= 0.3 is 12.0 Å². The van der Waals surface area contributed by atoms with Gasteiger partial charge in [0.15, 0.2) is 0 Å². The van der Waals surface area contributed by atoms with E-state index in [4.69, 9.17) is 9.47 Å². The van der Waals surface area contributed by atoms with Gasteiger partial charge in [0.05, 0.1) is 19.8 Å². The number of ether oxygens (including phenoxy) is 3. The lowest BCUT2D eigenvalue weighted by Crippen LogP contribution is -2.48. The zero-order valence-electron chi connectivity index (χ0n) is 25.3. The van der Waals surface area contributed by atoms with Crippen molar-refractivity contribution in [2.24, 2.45) is 0 Å². The summed E-state index contributed by atoms with van der Waals surface area (Å²) in [6.45, 7) is 2.75. The lowest BCUT2D eigenvalue weighted by molar-refractivity contribution is -0.347. The molecule has 0 saturated heterocycles. The largest absolute Gasteiger partial charge is 0.494 e. The highest BCUT2D eigenvalue weighted by Crippen LogP contribution is 2.36. The van der Waals surface area contributed by atoms with Gasteiger partial charge in [0.2, 0.25) is 0 Å². The van der Waals surface area contributed by atoms with Crippen LogP contribution in [0.2, 0.25) is 0 Å². The van der Waals surface area contributed by atoms with Crippen molar-refractivity contribution >= 4 is 0 Å². The summed E-state index contributed by atoms with van der Waals surface area (Å²) in [4.78, 5) is 0. The minimum absolute atomic E-state index is 0.222. The number of unbranched alkanes of at least 4 members (excludes halogenated alkanes) is 9. The van der Waals surface area contributed by atoms with Gasteiger partial charge in [0, 0.05) is 6.42 Å². The maximum absolute atomic E-state index is 14.7. The van der Waals surface area contributed by atoms with Crippen molar-refractivity contribution in [3.63, 3.8) is 0 Å². The molecule has 42 heavy (non-hydrogen) atoms. The molecule has 2 aromatic carbocycles. The van der Waals surface area contributed by atoms with Gasteiger partial charge in [0.1, 0.15) is 18.5 Å². The van der Waals surface area contributed by atoms with Gasteiger partial charge in [-0.3, -0.25) is 0 Å². The second-order valence-corrected chi connectivity index (χ2v) is 11.0. The van der Waals surface area contributed by atoms with Crippen molar-refractivity contribution in [1.29, 1.82) is 0 Å². The van der Waals surface area contributed by atoms with Crippen LogP contribution in [-0.2, 0) is 16.1 Å². The van der Waals surface area contributed by atoms with E-state index in [1.54, 1.807) is 12.1 Å². The molecular formula is C34H49F5O3. The topological polar surface area (TPSA) is 27.7 Å². The van der Waals surface area contributed by atoms with Crippen LogP contribution >= 0.6 is 0 Å². The summed E-state index contributed by atoms with van der Waals surface area (Å²) in [5.74, 6) is -3.18. The van der Waals surface area contributed by atoms with Crippen molar-refractivity contribution in [1.82, 2.24) is 0 Å². The second kappa shape index (κ2) is 19.9. The summed E-state index contributed by atoms with van der Waals surface area (Å²) in [6.07, 6.45) is 5.24. The Balaban J connectivity index is 1.75. The first kappa shape index (κ1) is 36.0. The molecule has 2 atom stereocenters. The number of hydrogen-bond donors (Lipinski definition) is 0. The first-order valence-electron chi connectivity index (χ1n) is 15.6. The molecule has 0 aliphatic carbocycles. The number of benzene rings is 2. The Hall–Kier alpha value is -2.19. The summed E-state index contributed by atoms with van der Waals surface area (Å²) in [7, 11) is 0. The monoisotopic (exact) mass is 600 g/mol. The van der Waals surface area contributed by atoms with E-state index < -0.39 is 31.4 Å². The van der Waals surface area contributed by atoms with Crippen LogP contribution in [0.4, 0.5) is 22.0 Å². The molecule has 0 aliphatic heterocycles. The molecule has 0 saturated carbocycles. The van der Waals surface area contributed by atoms with Crippen molar-refractivity contribution in [3.8, 4) is 16.9 Å². The molecule has 0 fully saturated rings. The Labute approximate surface area is 249 Å². The third-order valence-electron chi connectivity index (χ3n) is 7.27. The molecule has 8 heteroatoms. The number of halogens is 5. The van der Waals surface area contributed by atoms with Gasteiger partial charge in [-0.1, -0.05) is 114 Å². The van der Waals surface area contributed by atoms with E-state index in [2.05, 4.69) is 18.6 Å². The van der Waals surface area contributed by atoms with Crippen LogP contribution in [-0.4, -0.2) is 38.0 Å². The molecule has 3 nitrogen and oxygen atoms in total. The number of alkyl halides is 5. The first-order chi connectivity index (χ1) is 20.2. The summed E-state index contributed by atoms with van der Waals surface area (Å²) < 4.78 is 84.4. The summed E-state index contributed by atoms with van der Waals surface area (Å²) in [6, 6.07) is 14.8. The lowest BCUT2D eigenvalue weighted by atomic mass is 10.0. The highest BCUT2D eigenvalue weighted by molar-refractivity contribution is 5.64. The third-order valence-corrected chi connectivity index (χ3v) is 7.27. The summed E-state index contributed by atoms with van der Waals surface area (Å²) in [5, 5.41) is 0. The van der Waals surface area contributed by atoms with E-state index in [9.17, 15) is 22.0 Å². The average Bonchev–Trinajstić information content (AvgIpc) is 2.97. The number of hydrogen-bond acceptors (Lipinski definition) is 3. The van der Waals surface area contributed by atoms with Crippen LogP contribution in [0.25, 0.3) is 11.1 Å². The van der Waals surface area contributed by atoms with E-state index in [-0.39, 0.29) is 19.4 Å². The molecule has 0 heterocycles. The second-order valence-electron chi connectivity index (χ2n) is 11.0. The molecular weight excluding hydrogens is 551 g/mol. The van der Waals surface area contributed by atoms with Gasteiger partial charge in [0.25, 0.3) is 0 Å². The predicted octanol–water partition coefficient (Wildman–Crippen LogP) is 10.9. The minimum Gasteiger partial charge on any atom is -0.494 e. The fourth-order valence-corrected chi connectivity index (χ4v) is 4.58. The molecule has 238 valence electrons. The van der Waals surface area contributed by atoms with Crippen LogP contribution in [0.3, 0.4) is 0 Å². The SMILES string of the molecule is CCCCCCCCOc1ccc(-c2ccc(COCC(F)(OCCC(F)CCCCCCC)C(F)(F)F)cc2)cc1. The minimum atomic E-state index is -5.30. The zero-order chi connectivity index (χ0) is 30.7. The standard InChI is InChI=1S/C34H49F5O3/c1-3-5-7-9-11-13-24-41-32-21-19-30(20-22-32)29-17-15-28(16-18-29)26-40-27-33(36,34(37,38)39)42-25-23-31(35)14-12-10-8-6-4-2/h15-22,31H,3-14,23-27H2,1-2H3. The molecule has 0 aliphatic rings. The van der Waals surface area contributed by atoms with Crippen LogP contribution in [0, 0.1) is 0 Å². The molecule has 0 bridgehead atoms. The normalized spacial score (nSPS) is 14.1. The van der Waals surface area contributed by atoms with E-state index in [1.165, 1.54) is 32.1 Å². The average molecular weight is 601 g/mol. The highest BCUT2D eigenvalue weighted by atomic mass is 19.4. The Morgan fingerprint density at radius 3 is 1.79 bits per heavy atom. The molecule has 0 N–H and O–H groups in total. The van der Waals surface area contributed by atoms with Gasteiger partial charge in [-0.15, -0.1) is 0 Å². The van der Waals surface area contributed by atoms with Gasteiger partial charge in [-0.25, -0.2) is 4.39 Å². The lowest BCUT2D eigenvalue weighted by Gasteiger charge is -2.28.